The van der Waals surface area contributed by atoms with E-state index >= 15 is 0 Å². The van der Waals surface area contributed by atoms with Gasteiger partial charge in [0.15, 0.2) is 11.7 Å². The van der Waals surface area contributed by atoms with Gasteiger partial charge in [-0.15, -0.1) is 0 Å². The molecule has 0 saturated carbocycles. The van der Waals surface area contributed by atoms with Crippen LogP contribution in [0.1, 0.15) is 49.6 Å². The molecule has 0 bridgehead atoms. The van der Waals surface area contributed by atoms with E-state index in [4.69, 9.17) is 9.26 Å². The third-order valence-electron chi connectivity index (χ3n) is 4.57. The lowest BCUT2D eigenvalue weighted by Gasteiger charge is -2.15. The number of guanidine groups is 1. The lowest BCUT2D eigenvalue weighted by atomic mass is 9.99. The molecule has 2 N–H and O–H groups in total. The van der Waals surface area contributed by atoms with Gasteiger partial charge in [0.1, 0.15) is 11.5 Å². The van der Waals surface area contributed by atoms with Gasteiger partial charge in [0.25, 0.3) is 0 Å². The van der Waals surface area contributed by atoms with E-state index in [0.29, 0.717) is 35.5 Å². The minimum Gasteiger partial charge on any atom is -0.497 e. The Morgan fingerprint density at radius 3 is 2.52 bits per heavy atom. The maximum atomic E-state index is 12.7. The van der Waals surface area contributed by atoms with Crippen LogP contribution in [0.25, 0.3) is 0 Å². The number of hydrogen-bond donors (Lipinski definition) is 2. The molecule has 1 aromatic heterocycles. The molecule has 0 aliphatic carbocycles. The van der Waals surface area contributed by atoms with Gasteiger partial charge in [-0.3, -0.25) is 4.99 Å². The number of nitrogens with zero attached hydrogens (tertiary/aromatic N) is 2. The van der Waals surface area contributed by atoms with Gasteiger partial charge in [-0.25, -0.2) is 0 Å². The van der Waals surface area contributed by atoms with Crippen molar-refractivity contribution >= 4 is 5.96 Å². The van der Waals surface area contributed by atoms with Crippen LogP contribution in [0.5, 0.6) is 11.5 Å². The fourth-order valence-corrected chi connectivity index (χ4v) is 2.90. The summed E-state index contributed by atoms with van der Waals surface area (Å²) in [4.78, 5) is 4.14. The molecule has 0 radical (unpaired) electrons. The molecule has 2 aromatic rings. The van der Waals surface area contributed by atoms with Crippen LogP contribution in [0.3, 0.4) is 0 Å². The molecule has 2 rings (SSSR count). The highest BCUT2D eigenvalue weighted by molar-refractivity contribution is 5.79. The summed E-state index contributed by atoms with van der Waals surface area (Å²) < 4.78 is 40.4. The highest BCUT2D eigenvalue weighted by Gasteiger charge is 2.14. The standard InChI is InChI=1S/C20H28F2N4O3/c1-5-13(6-2)17-9-16(29-26-17)12-25-20(23-3)24-11-14-7-8-15(27-4)10-18(14)28-19(21)22/h7-10,13,19H,5-6,11-12H2,1-4H3,(H2,23,24,25). The van der Waals surface area contributed by atoms with Crippen LogP contribution in [0.4, 0.5) is 8.78 Å². The van der Waals surface area contributed by atoms with Crippen LogP contribution in [0, 0.1) is 0 Å². The predicted molar refractivity (Wildman–Crippen MR) is 106 cm³/mol. The Hall–Kier alpha value is -2.84. The molecule has 160 valence electrons. The largest absolute Gasteiger partial charge is 0.497 e. The average Bonchev–Trinajstić information content (AvgIpc) is 3.18. The molecule has 0 aliphatic rings. The van der Waals surface area contributed by atoms with Crippen molar-refractivity contribution in [3.05, 3.63) is 41.3 Å². The summed E-state index contributed by atoms with van der Waals surface area (Å²) in [5.74, 6) is 2.05. The number of aromatic nitrogens is 1. The molecule has 1 heterocycles. The Morgan fingerprint density at radius 2 is 1.90 bits per heavy atom. The highest BCUT2D eigenvalue weighted by atomic mass is 19.3. The first-order chi connectivity index (χ1) is 14.0. The quantitative estimate of drug-likeness (QED) is 0.454. The fourth-order valence-electron chi connectivity index (χ4n) is 2.90. The molecule has 0 atom stereocenters. The molecular formula is C20H28F2N4O3. The molecule has 0 amide bonds. The molecule has 29 heavy (non-hydrogen) atoms. The van der Waals surface area contributed by atoms with Crippen molar-refractivity contribution in [3.63, 3.8) is 0 Å². The zero-order chi connectivity index (χ0) is 21.2. The van der Waals surface area contributed by atoms with Crippen LogP contribution in [0.2, 0.25) is 0 Å². The minimum atomic E-state index is -2.92. The van der Waals surface area contributed by atoms with Gasteiger partial charge in [0.2, 0.25) is 0 Å². The Labute approximate surface area is 169 Å². The predicted octanol–water partition coefficient (Wildman–Crippen LogP) is 4.05. The van der Waals surface area contributed by atoms with E-state index in [1.807, 2.05) is 6.07 Å². The van der Waals surface area contributed by atoms with E-state index in [-0.39, 0.29) is 12.3 Å². The van der Waals surface area contributed by atoms with Crippen molar-refractivity contribution in [2.45, 2.75) is 52.3 Å². The molecule has 0 spiro atoms. The highest BCUT2D eigenvalue weighted by Crippen LogP contribution is 2.26. The first kappa shape index (κ1) is 22.4. The molecule has 0 unspecified atom stereocenters. The van der Waals surface area contributed by atoms with Crippen molar-refractivity contribution in [1.82, 2.24) is 15.8 Å². The monoisotopic (exact) mass is 410 g/mol. The maximum absolute atomic E-state index is 12.7. The minimum absolute atomic E-state index is 0.0485. The van der Waals surface area contributed by atoms with Crippen LogP contribution >= 0.6 is 0 Å². The number of halogens is 2. The van der Waals surface area contributed by atoms with E-state index in [0.717, 1.165) is 18.5 Å². The molecule has 9 heteroatoms. The van der Waals surface area contributed by atoms with E-state index < -0.39 is 6.61 Å². The summed E-state index contributed by atoms with van der Waals surface area (Å²) in [7, 11) is 3.08. The molecule has 0 fully saturated rings. The molecule has 7 nitrogen and oxygen atoms in total. The van der Waals surface area contributed by atoms with Crippen LogP contribution < -0.4 is 20.1 Å². The van der Waals surface area contributed by atoms with Gasteiger partial charge >= 0.3 is 6.61 Å². The van der Waals surface area contributed by atoms with Crippen molar-refractivity contribution in [2.24, 2.45) is 4.99 Å². The van der Waals surface area contributed by atoms with E-state index in [1.165, 1.54) is 13.2 Å². The Balaban J connectivity index is 1.96. The molecular weight excluding hydrogens is 382 g/mol. The summed E-state index contributed by atoms with van der Waals surface area (Å²) in [6.45, 7) is 1.96. The van der Waals surface area contributed by atoms with Gasteiger partial charge in [0, 0.05) is 37.2 Å². The summed E-state index contributed by atoms with van der Waals surface area (Å²) >= 11 is 0. The zero-order valence-electron chi connectivity index (χ0n) is 17.2. The summed E-state index contributed by atoms with van der Waals surface area (Å²) in [6, 6.07) is 6.71. The Bertz CT molecular complexity index is 792. The fraction of sp³-hybridized carbons (Fsp3) is 0.500. The molecule has 0 aliphatic heterocycles. The van der Waals surface area contributed by atoms with Gasteiger partial charge in [-0.2, -0.15) is 8.78 Å². The van der Waals surface area contributed by atoms with Crippen molar-refractivity contribution in [1.29, 1.82) is 0 Å². The van der Waals surface area contributed by atoms with Crippen molar-refractivity contribution in [2.75, 3.05) is 14.2 Å². The van der Waals surface area contributed by atoms with E-state index in [9.17, 15) is 8.78 Å². The number of methoxy groups -OCH3 is 1. The first-order valence-electron chi connectivity index (χ1n) is 9.52. The summed E-state index contributed by atoms with van der Waals surface area (Å²) in [5, 5.41) is 10.3. The van der Waals surface area contributed by atoms with Crippen LogP contribution in [-0.4, -0.2) is 31.9 Å². The van der Waals surface area contributed by atoms with Gasteiger partial charge in [-0.1, -0.05) is 19.0 Å². The number of hydrogen-bond acceptors (Lipinski definition) is 5. The SMILES string of the molecule is CCC(CC)c1cc(CNC(=NC)NCc2ccc(OC)cc2OC(F)F)on1. The zero-order valence-corrected chi connectivity index (χ0v) is 17.2. The average molecular weight is 410 g/mol. The maximum Gasteiger partial charge on any atom is 0.387 e. The number of rotatable bonds is 10. The summed E-state index contributed by atoms with van der Waals surface area (Å²) in [6.07, 6.45) is 2.01. The third kappa shape index (κ3) is 6.62. The second kappa shape index (κ2) is 11.2. The van der Waals surface area contributed by atoms with E-state index in [2.05, 4.69) is 39.4 Å². The van der Waals surface area contributed by atoms with Crippen LogP contribution in [0.15, 0.2) is 33.8 Å². The first-order valence-corrected chi connectivity index (χ1v) is 9.52. The Morgan fingerprint density at radius 1 is 1.17 bits per heavy atom. The number of benzene rings is 1. The van der Waals surface area contributed by atoms with Crippen LogP contribution in [-0.2, 0) is 13.1 Å². The topological polar surface area (TPSA) is 80.9 Å². The van der Waals surface area contributed by atoms with Gasteiger partial charge in [0.05, 0.1) is 19.3 Å². The third-order valence-corrected chi connectivity index (χ3v) is 4.57. The second-order valence-electron chi connectivity index (χ2n) is 6.36. The lowest BCUT2D eigenvalue weighted by Crippen LogP contribution is -2.36. The smallest absolute Gasteiger partial charge is 0.387 e. The molecule has 1 aromatic carbocycles. The Kier molecular flexibility index (Phi) is 8.69. The number of alkyl halides is 2. The normalized spacial score (nSPS) is 11.8. The van der Waals surface area contributed by atoms with Crippen molar-refractivity contribution < 1.29 is 22.8 Å². The molecule has 0 saturated heterocycles. The number of ether oxygens (including phenoxy) is 2. The van der Waals surface area contributed by atoms with Gasteiger partial charge < -0.3 is 24.6 Å². The number of nitrogens with one attached hydrogen (secondary N) is 2. The lowest BCUT2D eigenvalue weighted by molar-refractivity contribution is -0.0505. The van der Waals surface area contributed by atoms with Gasteiger partial charge in [-0.05, 0) is 25.0 Å². The summed E-state index contributed by atoms with van der Waals surface area (Å²) in [5.41, 5.74) is 1.49. The second-order valence-corrected chi connectivity index (χ2v) is 6.36. The van der Waals surface area contributed by atoms with E-state index in [1.54, 1.807) is 19.2 Å². The van der Waals surface area contributed by atoms with Crippen molar-refractivity contribution in [3.8, 4) is 11.5 Å². The number of aliphatic imine (C=N–C) groups is 1.